The van der Waals surface area contributed by atoms with Gasteiger partial charge in [-0.25, -0.2) is 14.6 Å². The minimum absolute atomic E-state index is 0.310. The summed E-state index contributed by atoms with van der Waals surface area (Å²) in [7, 11) is 0. The number of aromatic amines is 1. The SMILES string of the molecule is O=C(O)C(F)(F)F.O=C(O)C(F)(F)F.O=C1c2ccccc2C(=O)N1CC(=O)N1CCc2[nH]cnc2C1c1ccccn1. The van der Waals surface area contributed by atoms with Crippen LogP contribution in [0.5, 0.6) is 0 Å². The molecule has 0 spiro atoms. The highest BCUT2D eigenvalue weighted by Crippen LogP contribution is 2.33. The molecule has 1 aromatic carbocycles. The van der Waals surface area contributed by atoms with Crippen LogP contribution in [0.3, 0.4) is 0 Å². The van der Waals surface area contributed by atoms with Crippen LogP contribution in [0.4, 0.5) is 26.3 Å². The number of nitrogens with zero attached hydrogens (tertiary/aromatic N) is 4. The molecule has 2 aromatic heterocycles. The number of hydrogen-bond donors (Lipinski definition) is 3. The monoisotopic (exact) mass is 615 g/mol. The van der Waals surface area contributed by atoms with E-state index in [-0.39, 0.29) is 12.5 Å². The molecule has 0 bridgehead atoms. The molecule has 0 saturated heterocycles. The summed E-state index contributed by atoms with van der Waals surface area (Å²) in [5.41, 5.74) is 3.06. The Bertz CT molecular complexity index is 1470. The molecule has 4 heterocycles. The molecule has 0 radical (unpaired) electrons. The first-order chi connectivity index (χ1) is 20.0. The third kappa shape index (κ3) is 7.52. The van der Waals surface area contributed by atoms with E-state index >= 15 is 0 Å². The Morgan fingerprint density at radius 1 is 0.860 bits per heavy atom. The Labute approximate surface area is 236 Å². The normalized spacial score (nSPS) is 15.8. The molecular weight excluding hydrogens is 596 g/mol. The van der Waals surface area contributed by atoms with E-state index in [1.165, 1.54) is 0 Å². The van der Waals surface area contributed by atoms with E-state index in [1.807, 2.05) is 18.2 Å². The Morgan fingerprint density at radius 3 is 1.84 bits per heavy atom. The first kappa shape index (κ1) is 32.2. The number of rotatable bonds is 3. The largest absolute Gasteiger partial charge is 0.490 e. The van der Waals surface area contributed by atoms with Crippen LogP contribution in [0.15, 0.2) is 55.0 Å². The maximum atomic E-state index is 13.2. The molecule has 12 nitrogen and oxygen atoms in total. The fraction of sp³-hybridized carbons (Fsp3) is 0.240. The molecule has 18 heteroatoms. The number of carbonyl (C=O) groups is 5. The second-order valence-electron chi connectivity index (χ2n) is 8.61. The number of H-pyrrole nitrogens is 1. The lowest BCUT2D eigenvalue weighted by atomic mass is 9.99. The van der Waals surface area contributed by atoms with E-state index in [0.717, 1.165) is 16.3 Å². The van der Waals surface area contributed by atoms with Crippen molar-refractivity contribution in [1.29, 1.82) is 0 Å². The number of aliphatic carboxylic acids is 2. The zero-order valence-electron chi connectivity index (χ0n) is 21.4. The molecule has 2 aliphatic rings. The topological polar surface area (TPSA) is 174 Å². The highest BCUT2D eigenvalue weighted by Gasteiger charge is 2.41. The lowest BCUT2D eigenvalue weighted by molar-refractivity contribution is -0.193. The summed E-state index contributed by atoms with van der Waals surface area (Å²) in [6.07, 6.45) is -6.27. The summed E-state index contributed by atoms with van der Waals surface area (Å²) in [6.45, 7) is 0.133. The van der Waals surface area contributed by atoms with E-state index in [0.29, 0.717) is 29.8 Å². The number of imide groups is 1. The van der Waals surface area contributed by atoms with Crippen molar-refractivity contribution in [1.82, 2.24) is 24.8 Å². The molecular formula is C25H19F6N5O7. The summed E-state index contributed by atoms with van der Waals surface area (Å²) in [4.78, 5) is 70.9. The molecule has 5 rings (SSSR count). The Balaban J connectivity index is 0.000000303. The number of pyridine rings is 1. The molecule has 0 aliphatic carbocycles. The smallest absolute Gasteiger partial charge is 0.475 e. The summed E-state index contributed by atoms with van der Waals surface area (Å²) < 4.78 is 63.5. The Morgan fingerprint density at radius 2 is 1.37 bits per heavy atom. The van der Waals surface area contributed by atoms with Crippen molar-refractivity contribution in [2.45, 2.75) is 24.8 Å². The fourth-order valence-corrected chi connectivity index (χ4v) is 3.99. The van der Waals surface area contributed by atoms with Crippen LogP contribution in [0.1, 0.15) is 43.8 Å². The third-order valence-electron chi connectivity index (χ3n) is 5.87. The number of nitrogens with one attached hydrogen (secondary N) is 1. The van der Waals surface area contributed by atoms with Crippen LogP contribution in [0.25, 0.3) is 0 Å². The van der Waals surface area contributed by atoms with Gasteiger partial charge in [-0.15, -0.1) is 0 Å². The van der Waals surface area contributed by atoms with E-state index < -0.39 is 42.1 Å². The minimum Gasteiger partial charge on any atom is -0.475 e. The van der Waals surface area contributed by atoms with Crippen molar-refractivity contribution in [3.05, 3.63) is 83.2 Å². The van der Waals surface area contributed by atoms with Gasteiger partial charge in [0.15, 0.2) is 0 Å². The number of carboxylic acids is 2. The summed E-state index contributed by atoms with van der Waals surface area (Å²) in [5.74, 6) is -6.71. The summed E-state index contributed by atoms with van der Waals surface area (Å²) in [5, 5.41) is 14.2. The molecule has 3 N–H and O–H groups in total. The average molecular weight is 615 g/mol. The highest BCUT2D eigenvalue weighted by molar-refractivity contribution is 6.22. The lowest BCUT2D eigenvalue weighted by Gasteiger charge is -2.35. The van der Waals surface area contributed by atoms with Gasteiger partial charge >= 0.3 is 24.3 Å². The van der Waals surface area contributed by atoms with Gasteiger partial charge in [0, 0.05) is 24.9 Å². The van der Waals surface area contributed by atoms with Gasteiger partial charge in [-0.1, -0.05) is 18.2 Å². The first-order valence-corrected chi connectivity index (χ1v) is 11.8. The van der Waals surface area contributed by atoms with Gasteiger partial charge in [0.2, 0.25) is 5.91 Å². The van der Waals surface area contributed by atoms with E-state index in [9.17, 15) is 40.7 Å². The molecule has 1 unspecified atom stereocenters. The molecule has 2 aliphatic heterocycles. The third-order valence-corrected chi connectivity index (χ3v) is 5.87. The van der Waals surface area contributed by atoms with Crippen molar-refractivity contribution < 1.29 is 60.5 Å². The van der Waals surface area contributed by atoms with Crippen LogP contribution in [-0.2, 0) is 20.8 Å². The Kier molecular flexibility index (Phi) is 9.52. The van der Waals surface area contributed by atoms with Crippen molar-refractivity contribution >= 4 is 29.7 Å². The Hall–Kier alpha value is -5.29. The molecule has 0 saturated carbocycles. The molecule has 228 valence electrons. The number of carbonyl (C=O) groups excluding carboxylic acids is 3. The van der Waals surface area contributed by atoms with Gasteiger partial charge in [-0.2, -0.15) is 26.3 Å². The van der Waals surface area contributed by atoms with Crippen molar-refractivity contribution in [3.63, 3.8) is 0 Å². The van der Waals surface area contributed by atoms with E-state index in [4.69, 9.17) is 19.8 Å². The number of fused-ring (bicyclic) bond motifs is 2. The second-order valence-corrected chi connectivity index (χ2v) is 8.61. The van der Waals surface area contributed by atoms with Gasteiger partial charge in [-0.3, -0.25) is 24.3 Å². The number of carboxylic acid groups (broad SMARTS) is 2. The van der Waals surface area contributed by atoms with Crippen molar-refractivity contribution in [2.24, 2.45) is 0 Å². The maximum absolute atomic E-state index is 13.2. The van der Waals surface area contributed by atoms with Crippen molar-refractivity contribution in [3.8, 4) is 0 Å². The van der Waals surface area contributed by atoms with Gasteiger partial charge < -0.3 is 20.1 Å². The molecule has 43 heavy (non-hydrogen) atoms. The molecule has 0 fully saturated rings. The number of aromatic nitrogens is 3. The predicted octanol–water partition coefficient (Wildman–Crippen LogP) is 2.84. The van der Waals surface area contributed by atoms with Crippen molar-refractivity contribution in [2.75, 3.05) is 13.1 Å². The van der Waals surface area contributed by atoms with Crippen LogP contribution in [-0.4, -0.2) is 90.1 Å². The zero-order chi connectivity index (χ0) is 32.1. The number of amides is 3. The quantitative estimate of drug-likeness (QED) is 0.296. The van der Waals surface area contributed by atoms with Crippen LogP contribution in [0.2, 0.25) is 0 Å². The van der Waals surface area contributed by atoms with E-state index in [1.54, 1.807) is 41.7 Å². The fourth-order valence-electron chi connectivity index (χ4n) is 3.99. The van der Waals surface area contributed by atoms with Gasteiger partial charge in [0.25, 0.3) is 11.8 Å². The van der Waals surface area contributed by atoms with Gasteiger partial charge in [-0.05, 0) is 24.3 Å². The maximum Gasteiger partial charge on any atom is 0.490 e. The van der Waals surface area contributed by atoms with Gasteiger partial charge in [0.05, 0.1) is 28.8 Å². The highest BCUT2D eigenvalue weighted by atomic mass is 19.4. The number of benzene rings is 1. The average Bonchev–Trinajstić information content (AvgIpc) is 3.52. The van der Waals surface area contributed by atoms with Crippen LogP contribution >= 0.6 is 0 Å². The first-order valence-electron chi connectivity index (χ1n) is 11.8. The minimum atomic E-state index is -5.08. The number of alkyl halides is 6. The van der Waals surface area contributed by atoms with Gasteiger partial charge in [0.1, 0.15) is 12.6 Å². The second kappa shape index (κ2) is 12.7. The number of halogens is 6. The molecule has 3 aromatic rings. The lowest BCUT2D eigenvalue weighted by Crippen LogP contribution is -2.47. The van der Waals surface area contributed by atoms with E-state index in [2.05, 4.69) is 15.0 Å². The number of hydrogen-bond acceptors (Lipinski definition) is 7. The summed E-state index contributed by atoms with van der Waals surface area (Å²) >= 11 is 0. The zero-order valence-corrected chi connectivity index (χ0v) is 21.4. The summed E-state index contributed by atoms with van der Waals surface area (Å²) in [6, 6.07) is 11.7. The van der Waals surface area contributed by atoms with Crippen LogP contribution in [0, 0.1) is 0 Å². The predicted molar refractivity (Wildman–Crippen MR) is 129 cm³/mol. The van der Waals surface area contributed by atoms with Crippen LogP contribution < -0.4 is 0 Å². The molecule has 3 amide bonds. The standard InChI is InChI=1S/C21H17N5O3.2C2HF3O2/c27-17(11-26-20(28)13-5-1-2-6-14(13)21(26)29)25-10-8-15-18(24-12-23-15)19(25)16-7-3-4-9-22-16;2*3-2(4,5)1(6)7/h1-7,9,12,19H,8,10-11H2,(H,23,24);2*(H,6,7). The molecule has 1 atom stereocenters. The number of imidazole rings is 1.